The van der Waals surface area contributed by atoms with Crippen molar-refractivity contribution in [3.63, 3.8) is 0 Å². The highest BCUT2D eigenvalue weighted by molar-refractivity contribution is 5.93. The van der Waals surface area contributed by atoms with E-state index in [2.05, 4.69) is 5.32 Å². The number of carbonyl (C=O) groups excluding carboxylic acids is 2. The van der Waals surface area contributed by atoms with Gasteiger partial charge in [-0.25, -0.2) is 13.2 Å². The highest BCUT2D eigenvalue weighted by atomic mass is 19.1. The molecule has 0 aliphatic heterocycles. The summed E-state index contributed by atoms with van der Waals surface area (Å²) in [6.07, 6.45) is 0. The summed E-state index contributed by atoms with van der Waals surface area (Å²) in [5, 5.41) is 2.22. The molecule has 0 saturated carbocycles. The smallest absolute Gasteiger partial charge is 0.239 e. The molecule has 2 aromatic rings. The number of benzene rings is 2. The van der Waals surface area contributed by atoms with E-state index < -0.39 is 29.3 Å². The molecule has 156 valence electrons. The molecule has 2 amide bonds. The molecule has 0 spiro atoms. The molecule has 0 aromatic heterocycles. The van der Waals surface area contributed by atoms with Crippen molar-refractivity contribution in [3.8, 4) is 0 Å². The minimum absolute atomic E-state index is 0.213. The lowest BCUT2D eigenvalue weighted by atomic mass is 10.2. The Labute approximate surface area is 168 Å². The first-order valence-electron chi connectivity index (χ1n) is 9.20. The van der Waals surface area contributed by atoms with E-state index >= 15 is 0 Å². The zero-order valence-electron chi connectivity index (χ0n) is 16.6. The predicted molar refractivity (Wildman–Crippen MR) is 105 cm³/mol. The van der Waals surface area contributed by atoms with Crippen molar-refractivity contribution >= 4 is 17.5 Å². The monoisotopic (exact) mass is 407 g/mol. The van der Waals surface area contributed by atoms with Gasteiger partial charge in [0, 0.05) is 13.6 Å². The van der Waals surface area contributed by atoms with Gasteiger partial charge >= 0.3 is 0 Å². The summed E-state index contributed by atoms with van der Waals surface area (Å²) in [4.78, 5) is 28.0. The maximum absolute atomic E-state index is 13.7. The first-order chi connectivity index (χ1) is 13.7. The van der Waals surface area contributed by atoms with Crippen molar-refractivity contribution in [2.45, 2.75) is 26.4 Å². The molecule has 2 rings (SSSR count). The summed E-state index contributed by atoms with van der Waals surface area (Å²) in [6, 6.07) is 8.59. The third kappa shape index (κ3) is 6.05. The van der Waals surface area contributed by atoms with Gasteiger partial charge in [0.15, 0.2) is 0 Å². The average molecular weight is 407 g/mol. The second-order valence-electron chi connectivity index (χ2n) is 6.71. The van der Waals surface area contributed by atoms with Crippen molar-refractivity contribution in [1.29, 1.82) is 0 Å². The van der Waals surface area contributed by atoms with E-state index in [1.807, 2.05) is 0 Å². The van der Waals surface area contributed by atoms with Crippen LogP contribution in [0.15, 0.2) is 42.5 Å². The first kappa shape index (κ1) is 22.4. The summed E-state index contributed by atoms with van der Waals surface area (Å²) >= 11 is 0. The molecule has 5 nitrogen and oxygen atoms in total. The second kappa shape index (κ2) is 10.1. The van der Waals surface area contributed by atoms with Gasteiger partial charge in [-0.1, -0.05) is 25.1 Å². The Bertz CT molecular complexity index is 856. The van der Waals surface area contributed by atoms with Gasteiger partial charge in [0.05, 0.1) is 12.6 Å². The van der Waals surface area contributed by atoms with Crippen molar-refractivity contribution in [3.05, 3.63) is 65.5 Å². The molecule has 29 heavy (non-hydrogen) atoms. The van der Waals surface area contributed by atoms with Crippen molar-refractivity contribution in [1.82, 2.24) is 9.80 Å². The molecule has 0 radical (unpaired) electrons. The maximum atomic E-state index is 13.7. The molecule has 0 aliphatic rings. The van der Waals surface area contributed by atoms with E-state index in [0.29, 0.717) is 12.1 Å². The standard InChI is InChI=1S/C21H24F3N3O2/c1-4-27(13-19(28)25-20-17(23)9-6-10-18(20)24)14(2)21(29)26(3)12-15-7-5-8-16(22)11-15/h5-11,14H,4,12-13H2,1-3H3,(H,25,28). The van der Waals surface area contributed by atoms with Crippen molar-refractivity contribution < 1.29 is 22.8 Å². The number of anilines is 1. The SMILES string of the molecule is CCN(CC(=O)Nc1c(F)cccc1F)C(C)C(=O)N(C)Cc1cccc(F)c1. The Balaban J connectivity index is 2.00. The zero-order valence-corrected chi connectivity index (χ0v) is 16.6. The van der Waals surface area contributed by atoms with Crippen molar-refractivity contribution in [2.75, 3.05) is 25.5 Å². The highest BCUT2D eigenvalue weighted by Gasteiger charge is 2.25. The van der Waals surface area contributed by atoms with Crippen LogP contribution in [0.1, 0.15) is 19.4 Å². The average Bonchev–Trinajstić information content (AvgIpc) is 2.68. The van der Waals surface area contributed by atoms with E-state index in [4.69, 9.17) is 0 Å². The van der Waals surface area contributed by atoms with Crippen LogP contribution in [0.5, 0.6) is 0 Å². The minimum Gasteiger partial charge on any atom is -0.340 e. The van der Waals surface area contributed by atoms with Crippen LogP contribution in [-0.2, 0) is 16.1 Å². The Morgan fingerprint density at radius 1 is 1.07 bits per heavy atom. The second-order valence-corrected chi connectivity index (χ2v) is 6.71. The minimum atomic E-state index is -0.875. The number of hydrogen-bond acceptors (Lipinski definition) is 3. The molecular formula is C21H24F3N3O2. The fourth-order valence-corrected chi connectivity index (χ4v) is 2.97. The van der Waals surface area contributed by atoms with Crippen LogP contribution in [0, 0.1) is 17.5 Å². The van der Waals surface area contributed by atoms with Crippen LogP contribution >= 0.6 is 0 Å². The largest absolute Gasteiger partial charge is 0.340 e. The normalized spacial score (nSPS) is 12.0. The summed E-state index contributed by atoms with van der Waals surface area (Å²) < 4.78 is 40.7. The Kier molecular flexibility index (Phi) is 7.78. The lowest BCUT2D eigenvalue weighted by Crippen LogP contribution is -2.48. The fraction of sp³-hybridized carbons (Fsp3) is 0.333. The molecule has 1 N–H and O–H groups in total. The van der Waals surface area contributed by atoms with Crippen LogP contribution in [0.2, 0.25) is 0 Å². The number of hydrogen-bond donors (Lipinski definition) is 1. The summed E-state index contributed by atoms with van der Waals surface area (Å²) in [6.45, 7) is 3.78. The van der Waals surface area contributed by atoms with Crippen LogP contribution in [0.4, 0.5) is 18.9 Å². The van der Waals surface area contributed by atoms with Crippen LogP contribution in [0.25, 0.3) is 0 Å². The zero-order chi connectivity index (χ0) is 21.6. The van der Waals surface area contributed by atoms with Gasteiger partial charge in [-0.05, 0) is 43.3 Å². The van der Waals surface area contributed by atoms with E-state index in [1.54, 1.807) is 37.9 Å². The van der Waals surface area contributed by atoms with E-state index in [9.17, 15) is 22.8 Å². The van der Waals surface area contributed by atoms with E-state index in [0.717, 1.165) is 12.1 Å². The topological polar surface area (TPSA) is 52.7 Å². The summed E-state index contributed by atoms with van der Waals surface area (Å²) in [5.74, 6) is -3.03. The van der Waals surface area contributed by atoms with Gasteiger partial charge in [0.25, 0.3) is 0 Å². The maximum Gasteiger partial charge on any atom is 0.239 e. The van der Waals surface area contributed by atoms with E-state index in [-0.39, 0.29) is 24.8 Å². The fourth-order valence-electron chi connectivity index (χ4n) is 2.97. The summed E-state index contributed by atoms with van der Waals surface area (Å²) in [7, 11) is 1.59. The molecule has 0 bridgehead atoms. The molecule has 8 heteroatoms. The number of carbonyl (C=O) groups is 2. The van der Waals surface area contributed by atoms with Gasteiger partial charge in [0.2, 0.25) is 11.8 Å². The van der Waals surface area contributed by atoms with Crippen LogP contribution in [-0.4, -0.2) is 47.8 Å². The third-order valence-electron chi connectivity index (χ3n) is 4.57. The van der Waals surface area contributed by atoms with E-state index in [1.165, 1.54) is 23.1 Å². The van der Waals surface area contributed by atoms with Crippen LogP contribution < -0.4 is 5.32 Å². The number of amides is 2. The third-order valence-corrected chi connectivity index (χ3v) is 4.57. The molecule has 1 atom stereocenters. The summed E-state index contributed by atoms with van der Waals surface area (Å²) in [5.41, 5.74) is 0.125. The predicted octanol–water partition coefficient (Wildman–Crippen LogP) is 3.41. The Morgan fingerprint density at radius 2 is 1.69 bits per heavy atom. The van der Waals surface area contributed by atoms with Crippen molar-refractivity contribution in [2.24, 2.45) is 0 Å². The van der Waals surface area contributed by atoms with Gasteiger partial charge in [-0.3, -0.25) is 14.5 Å². The molecule has 0 fully saturated rings. The number of para-hydroxylation sites is 1. The number of rotatable bonds is 8. The molecule has 0 aliphatic carbocycles. The molecule has 1 unspecified atom stereocenters. The van der Waals surface area contributed by atoms with Gasteiger partial charge in [0.1, 0.15) is 23.1 Å². The number of nitrogens with one attached hydrogen (secondary N) is 1. The molecular weight excluding hydrogens is 383 g/mol. The molecule has 2 aromatic carbocycles. The lowest BCUT2D eigenvalue weighted by molar-refractivity contribution is -0.136. The number of likely N-dealkylation sites (N-methyl/N-ethyl adjacent to an activating group) is 2. The molecule has 0 heterocycles. The highest BCUT2D eigenvalue weighted by Crippen LogP contribution is 2.18. The van der Waals surface area contributed by atoms with Crippen LogP contribution in [0.3, 0.4) is 0 Å². The quantitative estimate of drug-likeness (QED) is 0.730. The van der Waals surface area contributed by atoms with Gasteiger partial charge < -0.3 is 10.2 Å². The number of halogens is 3. The number of nitrogens with zero attached hydrogens (tertiary/aromatic N) is 2. The van der Waals surface area contributed by atoms with Gasteiger partial charge in [-0.2, -0.15) is 0 Å². The Hall–Kier alpha value is -2.87. The van der Waals surface area contributed by atoms with Gasteiger partial charge in [-0.15, -0.1) is 0 Å². The lowest BCUT2D eigenvalue weighted by Gasteiger charge is -2.30. The first-order valence-corrected chi connectivity index (χ1v) is 9.20. The Morgan fingerprint density at radius 3 is 2.28 bits per heavy atom. The molecule has 0 saturated heterocycles.